The third kappa shape index (κ3) is 7.90. The van der Waals surface area contributed by atoms with Gasteiger partial charge in [0.15, 0.2) is 5.17 Å². The quantitative estimate of drug-likeness (QED) is 0.299. The lowest BCUT2D eigenvalue weighted by atomic mass is 10.1. The number of methoxy groups -OCH3 is 1. The number of aliphatic imine (C=N–C) groups is 1. The number of amidine groups is 1. The zero-order chi connectivity index (χ0) is 30.3. The van der Waals surface area contributed by atoms with Crippen molar-refractivity contribution < 1.29 is 37.0 Å². The highest BCUT2D eigenvalue weighted by atomic mass is 32.2. The number of esters is 1. The van der Waals surface area contributed by atoms with E-state index in [1.54, 1.807) is 26.2 Å². The number of thioether (sulfide) groups is 1. The van der Waals surface area contributed by atoms with Crippen molar-refractivity contribution in [1.29, 1.82) is 0 Å². The predicted octanol–water partition coefficient (Wildman–Crippen LogP) is 6.09. The van der Waals surface area contributed by atoms with Crippen LogP contribution in [0.2, 0.25) is 0 Å². The molecule has 8 nitrogen and oxygen atoms in total. The Balaban J connectivity index is 1.55. The van der Waals surface area contributed by atoms with Crippen LogP contribution in [0.15, 0.2) is 77.8 Å². The highest BCUT2D eigenvalue weighted by molar-refractivity contribution is 8.15. The number of hydrogen-bond acceptors (Lipinski definition) is 7. The van der Waals surface area contributed by atoms with Gasteiger partial charge in [0.2, 0.25) is 11.8 Å². The van der Waals surface area contributed by atoms with Crippen LogP contribution in [-0.4, -0.2) is 53.4 Å². The van der Waals surface area contributed by atoms with Crippen LogP contribution in [0.3, 0.4) is 0 Å². The normalized spacial score (nSPS) is 16.3. The van der Waals surface area contributed by atoms with Gasteiger partial charge in [0.1, 0.15) is 11.0 Å². The molecule has 1 aliphatic rings. The molecule has 2 amide bonds. The van der Waals surface area contributed by atoms with Gasteiger partial charge in [-0.1, -0.05) is 30.0 Å². The largest absolute Gasteiger partial charge is 0.497 e. The summed E-state index contributed by atoms with van der Waals surface area (Å²) in [4.78, 5) is 44.1. The van der Waals surface area contributed by atoms with Gasteiger partial charge in [0, 0.05) is 18.7 Å². The lowest BCUT2D eigenvalue weighted by Gasteiger charge is -2.32. The Morgan fingerprint density at radius 2 is 1.79 bits per heavy atom. The first-order valence-electron chi connectivity index (χ1n) is 13.0. The van der Waals surface area contributed by atoms with Crippen molar-refractivity contribution in [3.05, 3.63) is 89.5 Å². The van der Waals surface area contributed by atoms with Crippen LogP contribution in [-0.2, 0) is 26.9 Å². The van der Waals surface area contributed by atoms with Crippen molar-refractivity contribution in [3.8, 4) is 5.75 Å². The second-order valence-electron chi connectivity index (χ2n) is 9.18. The van der Waals surface area contributed by atoms with Crippen molar-refractivity contribution in [2.45, 2.75) is 31.2 Å². The summed E-state index contributed by atoms with van der Waals surface area (Å²) in [6.45, 7) is 2.13. The van der Waals surface area contributed by atoms with E-state index in [0.29, 0.717) is 23.4 Å². The second kappa shape index (κ2) is 13.6. The standard InChI is InChI=1S/C30H28F3N3O5S/c1-3-41-28(39)20-9-11-22(12-10-20)34-27(38)25-18-26(37)36(16-15-19-7-13-24(40-2)14-8-19)29(42-25)35-23-6-4-5-21(17-23)30(31,32)33/h4-14,17,25H,3,15-16,18H2,1-2H3,(H,34,38). The minimum Gasteiger partial charge on any atom is -0.497 e. The number of alkyl halides is 3. The molecule has 0 saturated carbocycles. The maximum Gasteiger partial charge on any atom is 0.416 e. The second-order valence-corrected chi connectivity index (χ2v) is 10.4. The third-order valence-electron chi connectivity index (χ3n) is 6.28. The number of ether oxygens (including phenoxy) is 2. The van der Waals surface area contributed by atoms with Gasteiger partial charge in [-0.15, -0.1) is 0 Å². The topological polar surface area (TPSA) is 97.3 Å². The molecule has 4 rings (SSSR count). The summed E-state index contributed by atoms with van der Waals surface area (Å²) in [5.74, 6) is -0.678. The van der Waals surface area contributed by atoms with E-state index in [1.165, 1.54) is 41.3 Å². The van der Waals surface area contributed by atoms with Crippen molar-refractivity contribution in [2.24, 2.45) is 4.99 Å². The fourth-order valence-electron chi connectivity index (χ4n) is 4.08. The number of hydrogen-bond donors (Lipinski definition) is 1. The molecule has 0 aromatic heterocycles. The number of rotatable bonds is 9. The first-order valence-corrected chi connectivity index (χ1v) is 13.9. The molecule has 3 aromatic carbocycles. The van der Waals surface area contributed by atoms with Gasteiger partial charge >= 0.3 is 12.1 Å². The number of carbonyl (C=O) groups excluding carboxylic acids is 3. The van der Waals surface area contributed by atoms with E-state index in [-0.39, 0.29) is 36.3 Å². The highest BCUT2D eigenvalue weighted by Crippen LogP contribution is 2.34. The van der Waals surface area contributed by atoms with Crippen LogP contribution in [0.1, 0.15) is 34.8 Å². The van der Waals surface area contributed by atoms with E-state index in [9.17, 15) is 27.6 Å². The molecule has 1 heterocycles. The summed E-state index contributed by atoms with van der Waals surface area (Å²) in [6.07, 6.45) is -4.26. The van der Waals surface area contributed by atoms with E-state index in [1.807, 2.05) is 12.1 Å². The zero-order valence-corrected chi connectivity index (χ0v) is 23.6. The average molecular weight is 600 g/mol. The Bertz CT molecular complexity index is 1460. The van der Waals surface area contributed by atoms with Gasteiger partial charge in [-0.05, 0) is 73.5 Å². The number of carbonyl (C=O) groups is 3. The number of nitrogens with one attached hydrogen (secondary N) is 1. The minimum atomic E-state index is -4.56. The molecule has 1 fully saturated rings. The molecule has 0 aliphatic carbocycles. The fourth-order valence-corrected chi connectivity index (χ4v) is 5.21. The van der Waals surface area contributed by atoms with E-state index in [4.69, 9.17) is 9.47 Å². The van der Waals surface area contributed by atoms with E-state index >= 15 is 0 Å². The SMILES string of the molecule is CCOC(=O)c1ccc(NC(=O)C2CC(=O)N(CCc3ccc(OC)cc3)C(=Nc3cccc(C(F)(F)F)c3)S2)cc1. The number of nitrogens with zero attached hydrogens (tertiary/aromatic N) is 2. The highest BCUT2D eigenvalue weighted by Gasteiger charge is 2.36. The van der Waals surface area contributed by atoms with Crippen LogP contribution >= 0.6 is 11.8 Å². The maximum atomic E-state index is 13.3. The Kier molecular flexibility index (Phi) is 9.89. The third-order valence-corrected chi connectivity index (χ3v) is 7.46. The smallest absolute Gasteiger partial charge is 0.416 e. The molecule has 1 saturated heterocycles. The molecule has 0 radical (unpaired) electrons. The zero-order valence-electron chi connectivity index (χ0n) is 22.8. The monoisotopic (exact) mass is 599 g/mol. The molecule has 12 heteroatoms. The number of benzene rings is 3. The Morgan fingerprint density at radius 1 is 1.07 bits per heavy atom. The van der Waals surface area contributed by atoms with Crippen molar-refractivity contribution in [3.63, 3.8) is 0 Å². The van der Waals surface area contributed by atoms with Gasteiger partial charge < -0.3 is 14.8 Å². The van der Waals surface area contributed by atoms with Gasteiger partial charge in [-0.3, -0.25) is 14.5 Å². The molecule has 0 spiro atoms. The van der Waals surface area contributed by atoms with Crippen LogP contribution in [0, 0.1) is 0 Å². The molecule has 0 bridgehead atoms. The summed E-state index contributed by atoms with van der Waals surface area (Å²) in [5.41, 5.74) is 0.768. The molecular weight excluding hydrogens is 571 g/mol. The van der Waals surface area contributed by atoms with Gasteiger partial charge in [-0.2, -0.15) is 13.2 Å². The van der Waals surface area contributed by atoms with Crippen molar-refractivity contribution in [2.75, 3.05) is 25.6 Å². The first-order chi connectivity index (χ1) is 20.1. The van der Waals surface area contributed by atoms with Crippen LogP contribution in [0.25, 0.3) is 0 Å². The minimum absolute atomic E-state index is 0.00480. The molecule has 1 N–H and O–H groups in total. The molecule has 3 aromatic rings. The van der Waals surface area contributed by atoms with Crippen LogP contribution in [0.5, 0.6) is 5.75 Å². The predicted molar refractivity (Wildman–Crippen MR) is 154 cm³/mol. The van der Waals surface area contributed by atoms with Crippen LogP contribution in [0.4, 0.5) is 24.5 Å². The molecule has 42 heavy (non-hydrogen) atoms. The Hall–Kier alpha value is -4.32. The summed E-state index contributed by atoms with van der Waals surface area (Å²) in [5, 5.41) is 1.97. The fraction of sp³-hybridized carbons (Fsp3) is 0.267. The summed E-state index contributed by atoms with van der Waals surface area (Å²) in [7, 11) is 1.56. The van der Waals surface area contributed by atoms with E-state index in [2.05, 4.69) is 10.3 Å². The van der Waals surface area contributed by atoms with Crippen LogP contribution < -0.4 is 10.1 Å². The summed E-state index contributed by atoms with van der Waals surface area (Å²) >= 11 is 1.00. The molecule has 220 valence electrons. The average Bonchev–Trinajstić information content (AvgIpc) is 2.97. The summed E-state index contributed by atoms with van der Waals surface area (Å²) in [6, 6.07) is 17.9. The Morgan fingerprint density at radius 3 is 2.43 bits per heavy atom. The maximum absolute atomic E-state index is 13.3. The molecule has 1 atom stereocenters. The number of halogens is 3. The lowest BCUT2D eigenvalue weighted by molar-refractivity contribution is -0.137. The summed E-state index contributed by atoms with van der Waals surface area (Å²) < 4.78 is 50.1. The number of anilines is 1. The van der Waals surface area contributed by atoms with Crippen molar-refractivity contribution >= 4 is 46.1 Å². The molecular formula is C30H28F3N3O5S. The molecule has 1 aliphatic heterocycles. The lowest BCUT2D eigenvalue weighted by Crippen LogP contribution is -2.46. The molecule has 1 unspecified atom stereocenters. The van der Waals surface area contributed by atoms with Gasteiger partial charge in [-0.25, -0.2) is 9.79 Å². The van der Waals surface area contributed by atoms with Gasteiger partial charge in [0.25, 0.3) is 0 Å². The number of amides is 2. The van der Waals surface area contributed by atoms with Gasteiger partial charge in [0.05, 0.1) is 30.5 Å². The first kappa shape index (κ1) is 30.6. The van der Waals surface area contributed by atoms with Crippen molar-refractivity contribution in [1.82, 2.24) is 4.90 Å². The Labute approximate surface area is 244 Å². The van der Waals surface area contributed by atoms with E-state index < -0.39 is 28.9 Å². The van der Waals surface area contributed by atoms with E-state index in [0.717, 1.165) is 29.5 Å².